The first-order chi connectivity index (χ1) is 15.0. The zero-order chi connectivity index (χ0) is 21.5. The first kappa shape index (κ1) is 19.4. The summed E-state index contributed by atoms with van der Waals surface area (Å²) >= 11 is 0. The molecule has 2 N–H and O–H groups in total. The van der Waals surface area contributed by atoms with E-state index in [9.17, 15) is 4.79 Å². The van der Waals surface area contributed by atoms with Crippen LogP contribution >= 0.6 is 0 Å². The number of benzene rings is 1. The summed E-state index contributed by atoms with van der Waals surface area (Å²) in [6.07, 6.45) is 3.32. The molecule has 1 saturated carbocycles. The second-order valence-corrected chi connectivity index (χ2v) is 8.26. The van der Waals surface area contributed by atoms with Gasteiger partial charge in [-0.15, -0.1) is 0 Å². The van der Waals surface area contributed by atoms with Crippen molar-refractivity contribution < 1.29 is 4.79 Å². The molecule has 0 aliphatic heterocycles. The molecule has 8 nitrogen and oxygen atoms in total. The standard InChI is InChI=1S/C23H25N7O/c1-13-11-20-24-14(2)19(15(3)30(20)29-13)9-10-21(31)25-18-6-4-5-17(12-18)23-26-22(27-28-23)16-7-8-16/h4-6,11-12,16H,7-10H2,1-3H3,(H,25,31)(H,26,27,28). The van der Waals surface area contributed by atoms with Crippen LogP contribution in [-0.2, 0) is 11.2 Å². The molecule has 0 atom stereocenters. The van der Waals surface area contributed by atoms with Crippen molar-refractivity contribution in [2.75, 3.05) is 5.32 Å². The summed E-state index contributed by atoms with van der Waals surface area (Å²) in [5.74, 6) is 2.10. The molecular weight excluding hydrogens is 390 g/mol. The largest absolute Gasteiger partial charge is 0.326 e. The number of fused-ring (bicyclic) bond motifs is 1. The number of carbonyl (C=O) groups is 1. The van der Waals surface area contributed by atoms with Crippen molar-refractivity contribution in [1.82, 2.24) is 29.8 Å². The van der Waals surface area contributed by atoms with Gasteiger partial charge in [-0.05, 0) is 57.7 Å². The van der Waals surface area contributed by atoms with Crippen molar-refractivity contribution in [3.8, 4) is 11.4 Å². The molecule has 1 aliphatic rings. The van der Waals surface area contributed by atoms with E-state index in [1.165, 1.54) is 12.8 Å². The summed E-state index contributed by atoms with van der Waals surface area (Å²) in [4.78, 5) is 21.9. The first-order valence-electron chi connectivity index (χ1n) is 10.6. The molecule has 158 valence electrons. The fourth-order valence-electron chi connectivity index (χ4n) is 3.94. The highest BCUT2D eigenvalue weighted by molar-refractivity contribution is 5.91. The molecule has 1 amide bonds. The predicted octanol–water partition coefficient (Wildman–Crippen LogP) is 3.89. The zero-order valence-electron chi connectivity index (χ0n) is 17.9. The Morgan fingerprint density at radius 2 is 2.03 bits per heavy atom. The van der Waals surface area contributed by atoms with Gasteiger partial charge in [0.1, 0.15) is 5.82 Å². The number of nitrogens with one attached hydrogen (secondary N) is 2. The molecule has 1 aromatic carbocycles. The molecule has 0 bridgehead atoms. The van der Waals surface area contributed by atoms with Crippen LogP contribution in [0.5, 0.6) is 0 Å². The van der Waals surface area contributed by atoms with Crippen LogP contribution in [0.1, 0.15) is 53.7 Å². The van der Waals surface area contributed by atoms with Crippen molar-refractivity contribution in [2.24, 2.45) is 0 Å². The highest BCUT2D eigenvalue weighted by atomic mass is 16.1. The van der Waals surface area contributed by atoms with E-state index in [2.05, 4.69) is 30.6 Å². The molecule has 3 heterocycles. The van der Waals surface area contributed by atoms with Gasteiger partial charge >= 0.3 is 0 Å². The van der Waals surface area contributed by atoms with Crippen LogP contribution in [0.2, 0.25) is 0 Å². The highest BCUT2D eigenvalue weighted by Crippen LogP contribution is 2.38. The smallest absolute Gasteiger partial charge is 0.224 e. The summed E-state index contributed by atoms with van der Waals surface area (Å²) in [5.41, 5.74) is 6.43. The second-order valence-electron chi connectivity index (χ2n) is 8.26. The molecule has 0 spiro atoms. The Balaban J connectivity index is 1.27. The molecule has 1 fully saturated rings. The molecule has 0 unspecified atom stereocenters. The number of amides is 1. The number of anilines is 1. The molecule has 0 radical (unpaired) electrons. The van der Waals surface area contributed by atoms with Gasteiger partial charge in [0.25, 0.3) is 0 Å². The van der Waals surface area contributed by atoms with Crippen molar-refractivity contribution in [3.05, 3.63) is 58.8 Å². The minimum absolute atomic E-state index is 0.0404. The van der Waals surface area contributed by atoms with Crippen LogP contribution in [0.25, 0.3) is 17.0 Å². The number of hydrogen-bond donors (Lipinski definition) is 2. The molecule has 4 aromatic rings. The average molecular weight is 416 g/mol. The first-order valence-corrected chi connectivity index (χ1v) is 10.6. The fraction of sp³-hybridized carbons (Fsp3) is 0.348. The van der Waals surface area contributed by atoms with Crippen LogP contribution in [0.4, 0.5) is 5.69 Å². The van der Waals surface area contributed by atoms with E-state index >= 15 is 0 Å². The van der Waals surface area contributed by atoms with E-state index in [0.717, 1.165) is 45.4 Å². The summed E-state index contributed by atoms with van der Waals surface area (Å²) in [6.45, 7) is 5.96. The SMILES string of the molecule is Cc1cc2nc(C)c(CCC(=O)Nc3cccc(-c4n[nH]c(C5CC5)n4)c3)c(C)n2n1. The lowest BCUT2D eigenvalue weighted by molar-refractivity contribution is -0.116. The van der Waals surface area contributed by atoms with E-state index in [-0.39, 0.29) is 5.91 Å². The van der Waals surface area contributed by atoms with Crippen LogP contribution in [0, 0.1) is 20.8 Å². The molecule has 5 rings (SSSR count). The second kappa shape index (κ2) is 7.61. The maximum Gasteiger partial charge on any atom is 0.224 e. The van der Waals surface area contributed by atoms with E-state index in [0.29, 0.717) is 24.6 Å². The number of hydrogen-bond acceptors (Lipinski definition) is 5. The Kier molecular flexibility index (Phi) is 4.77. The lowest BCUT2D eigenvalue weighted by atomic mass is 10.1. The van der Waals surface area contributed by atoms with Gasteiger partial charge in [0, 0.05) is 41.0 Å². The van der Waals surface area contributed by atoms with Crippen LogP contribution in [0.3, 0.4) is 0 Å². The number of aryl methyl sites for hydroxylation is 3. The number of aromatic amines is 1. The van der Waals surface area contributed by atoms with Crippen molar-refractivity contribution in [2.45, 2.75) is 52.4 Å². The van der Waals surface area contributed by atoms with Gasteiger partial charge < -0.3 is 5.32 Å². The Labute approximate surface area is 180 Å². The molecule has 0 saturated heterocycles. The van der Waals surface area contributed by atoms with Crippen molar-refractivity contribution in [3.63, 3.8) is 0 Å². The third kappa shape index (κ3) is 3.93. The van der Waals surface area contributed by atoms with Crippen molar-refractivity contribution in [1.29, 1.82) is 0 Å². The Morgan fingerprint density at radius 3 is 2.84 bits per heavy atom. The topological polar surface area (TPSA) is 101 Å². The monoisotopic (exact) mass is 415 g/mol. The Bertz CT molecular complexity index is 1280. The summed E-state index contributed by atoms with van der Waals surface area (Å²) in [6, 6.07) is 9.62. The van der Waals surface area contributed by atoms with Crippen LogP contribution < -0.4 is 5.32 Å². The van der Waals surface area contributed by atoms with Gasteiger partial charge in [0.05, 0.1) is 5.69 Å². The molecule has 1 aliphatic carbocycles. The molecule has 8 heteroatoms. The molecular formula is C23H25N7O. The number of aromatic nitrogens is 6. The molecule has 31 heavy (non-hydrogen) atoms. The van der Waals surface area contributed by atoms with Gasteiger partial charge in [-0.25, -0.2) is 14.5 Å². The number of H-pyrrole nitrogens is 1. The van der Waals surface area contributed by atoms with E-state index in [4.69, 9.17) is 0 Å². The molecule has 3 aromatic heterocycles. The van der Waals surface area contributed by atoms with Gasteiger partial charge in [-0.2, -0.15) is 10.2 Å². The van der Waals surface area contributed by atoms with E-state index in [1.54, 1.807) is 0 Å². The van der Waals surface area contributed by atoms with Crippen LogP contribution in [-0.4, -0.2) is 35.7 Å². The summed E-state index contributed by atoms with van der Waals surface area (Å²) < 4.78 is 1.85. The van der Waals surface area contributed by atoms with Crippen molar-refractivity contribution >= 4 is 17.2 Å². The third-order valence-corrected chi connectivity index (χ3v) is 5.76. The van der Waals surface area contributed by atoms with Gasteiger partial charge in [-0.3, -0.25) is 9.89 Å². The number of rotatable bonds is 6. The minimum Gasteiger partial charge on any atom is -0.326 e. The quantitative estimate of drug-likeness (QED) is 0.498. The lowest BCUT2D eigenvalue weighted by Gasteiger charge is -2.11. The normalized spacial score (nSPS) is 13.6. The maximum absolute atomic E-state index is 12.6. The van der Waals surface area contributed by atoms with E-state index in [1.807, 2.05) is 55.6 Å². The predicted molar refractivity (Wildman–Crippen MR) is 118 cm³/mol. The van der Waals surface area contributed by atoms with Gasteiger partial charge in [-0.1, -0.05) is 12.1 Å². The minimum atomic E-state index is -0.0404. The van der Waals surface area contributed by atoms with E-state index < -0.39 is 0 Å². The maximum atomic E-state index is 12.6. The highest BCUT2D eigenvalue weighted by Gasteiger charge is 2.27. The van der Waals surface area contributed by atoms with Gasteiger partial charge in [0.15, 0.2) is 11.5 Å². The Morgan fingerprint density at radius 1 is 1.19 bits per heavy atom. The van der Waals surface area contributed by atoms with Gasteiger partial charge in [0.2, 0.25) is 5.91 Å². The Hall–Kier alpha value is -3.55. The fourth-order valence-corrected chi connectivity index (χ4v) is 3.94. The third-order valence-electron chi connectivity index (χ3n) is 5.76. The number of carbonyl (C=O) groups excluding carboxylic acids is 1. The van der Waals surface area contributed by atoms with Crippen LogP contribution in [0.15, 0.2) is 30.3 Å². The summed E-state index contributed by atoms with van der Waals surface area (Å²) in [5, 5.41) is 14.9. The zero-order valence-corrected chi connectivity index (χ0v) is 17.9. The summed E-state index contributed by atoms with van der Waals surface area (Å²) in [7, 11) is 0. The lowest BCUT2D eigenvalue weighted by Crippen LogP contribution is -2.14. The number of nitrogens with zero attached hydrogens (tertiary/aromatic N) is 5. The average Bonchev–Trinajstić information content (AvgIpc) is 3.34.